The minimum atomic E-state index is -0.270. The van der Waals surface area contributed by atoms with E-state index < -0.39 is 0 Å². The van der Waals surface area contributed by atoms with E-state index >= 15 is 0 Å². The molecule has 3 nitrogen and oxygen atoms in total. The number of hydrogen-bond acceptors (Lipinski definition) is 3. The lowest BCUT2D eigenvalue weighted by atomic mass is 9.81. The minimum absolute atomic E-state index is 0.0915. The Hall–Kier alpha value is -0.570. The molecule has 1 fully saturated rings. The smallest absolute Gasteiger partial charge is 0.312 e. The van der Waals surface area contributed by atoms with E-state index in [1.54, 1.807) is 0 Å². The number of rotatable bonds is 4. The second-order valence-electron chi connectivity index (χ2n) is 5.86. The number of ether oxygens (including phenoxy) is 1. The summed E-state index contributed by atoms with van der Waals surface area (Å²) in [5.41, 5.74) is -0.129. The number of hydrogen-bond donors (Lipinski definition) is 1. The monoisotopic (exact) mass is 214 g/mol. The molecule has 2 unspecified atom stereocenters. The molecule has 1 aliphatic carbocycles. The summed E-state index contributed by atoms with van der Waals surface area (Å²) in [5, 5.41) is 8.62. The fourth-order valence-electron chi connectivity index (χ4n) is 2.32. The predicted molar refractivity (Wildman–Crippen MR) is 58.3 cm³/mol. The van der Waals surface area contributed by atoms with Gasteiger partial charge in [-0.1, -0.05) is 27.7 Å². The lowest BCUT2D eigenvalue weighted by Gasteiger charge is -2.25. The molecule has 0 aromatic carbocycles. The van der Waals surface area contributed by atoms with Crippen molar-refractivity contribution in [3.8, 4) is 0 Å². The molecule has 1 saturated carbocycles. The van der Waals surface area contributed by atoms with Gasteiger partial charge in [0, 0.05) is 0 Å². The van der Waals surface area contributed by atoms with Crippen LogP contribution in [0.4, 0.5) is 0 Å². The van der Waals surface area contributed by atoms with Gasteiger partial charge in [0.1, 0.15) is 6.61 Å². The third-order valence-electron chi connectivity index (χ3n) is 3.03. The highest BCUT2D eigenvalue weighted by Gasteiger charge is 2.59. The third kappa shape index (κ3) is 2.94. The van der Waals surface area contributed by atoms with Gasteiger partial charge >= 0.3 is 5.97 Å². The van der Waals surface area contributed by atoms with Gasteiger partial charge in [0.2, 0.25) is 0 Å². The molecule has 15 heavy (non-hydrogen) atoms. The van der Waals surface area contributed by atoms with E-state index in [0.29, 0.717) is 5.92 Å². The third-order valence-corrected chi connectivity index (χ3v) is 3.03. The molecule has 3 heteroatoms. The lowest BCUT2D eigenvalue weighted by molar-refractivity contribution is -0.153. The van der Waals surface area contributed by atoms with E-state index in [1.807, 2.05) is 0 Å². The zero-order valence-corrected chi connectivity index (χ0v) is 10.2. The molecule has 0 aromatic rings. The van der Waals surface area contributed by atoms with Gasteiger partial charge in [0.25, 0.3) is 0 Å². The van der Waals surface area contributed by atoms with Crippen LogP contribution in [0.25, 0.3) is 0 Å². The van der Waals surface area contributed by atoms with E-state index in [1.165, 1.54) is 0 Å². The van der Waals surface area contributed by atoms with E-state index in [-0.39, 0.29) is 30.0 Å². The summed E-state index contributed by atoms with van der Waals surface area (Å²) in [6.07, 6.45) is 1.79. The summed E-state index contributed by atoms with van der Waals surface area (Å²) in [4.78, 5) is 11.8. The van der Waals surface area contributed by atoms with Gasteiger partial charge in [0.15, 0.2) is 0 Å². The van der Waals surface area contributed by atoms with Gasteiger partial charge in [-0.15, -0.1) is 0 Å². The van der Waals surface area contributed by atoms with Gasteiger partial charge in [-0.25, -0.2) is 0 Å². The lowest BCUT2D eigenvalue weighted by Crippen LogP contribution is -2.27. The van der Waals surface area contributed by atoms with Crippen LogP contribution in [0.2, 0.25) is 0 Å². The maximum absolute atomic E-state index is 11.8. The fourth-order valence-corrected chi connectivity index (χ4v) is 2.32. The maximum Gasteiger partial charge on any atom is 0.312 e. The topological polar surface area (TPSA) is 46.5 Å². The standard InChI is InChI=1S/C12H22O3/c1-9-7-12(9,8-11(2,3)4)10(14)15-6-5-13/h9,13H,5-8H2,1-4H3. The molecular formula is C12H22O3. The largest absolute Gasteiger partial charge is 0.463 e. The first-order valence-corrected chi connectivity index (χ1v) is 5.60. The molecule has 0 heterocycles. The second-order valence-corrected chi connectivity index (χ2v) is 5.86. The Bertz CT molecular complexity index is 242. The van der Waals surface area contributed by atoms with E-state index in [4.69, 9.17) is 9.84 Å². The van der Waals surface area contributed by atoms with Gasteiger partial charge in [-0.3, -0.25) is 4.79 Å². The van der Waals surface area contributed by atoms with Gasteiger partial charge < -0.3 is 9.84 Å². The first-order chi connectivity index (χ1) is 6.82. The first-order valence-electron chi connectivity index (χ1n) is 5.60. The molecule has 0 radical (unpaired) electrons. The molecule has 0 saturated heterocycles. The summed E-state index contributed by atoms with van der Waals surface area (Å²) in [6, 6.07) is 0. The zero-order chi connectivity index (χ0) is 11.7. The first kappa shape index (κ1) is 12.5. The van der Waals surface area contributed by atoms with Gasteiger partial charge in [0.05, 0.1) is 12.0 Å². The number of carbonyl (C=O) groups is 1. The molecule has 1 aliphatic rings. The summed E-state index contributed by atoms with van der Waals surface area (Å²) in [6.45, 7) is 8.53. The van der Waals surface area contributed by atoms with Crippen molar-refractivity contribution >= 4 is 5.97 Å². The van der Waals surface area contributed by atoms with Crippen LogP contribution in [0, 0.1) is 16.7 Å². The van der Waals surface area contributed by atoms with Crippen LogP contribution in [0.3, 0.4) is 0 Å². The Morgan fingerprint density at radius 1 is 1.53 bits per heavy atom. The van der Waals surface area contributed by atoms with Crippen molar-refractivity contribution in [1.29, 1.82) is 0 Å². The highest BCUT2D eigenvalue weighted by atomic mass is 16.5. The van der Waals surface area contributed by atoms with Crippen LogP contribution in [0.5, 0.6) is 0 Å². The molecule has 1 rings (SSSR count). The normalized spacial score (nSPS) is 30.1. The maximum atomic E-state index is 11.8. The van der Waals surface area contributed by atoms with Crippen LogP contribution in [-0.4, -0.2) is 24.3 Å². The van der Waals surface area contributed by atoms with Crippen LogP contribution >= 0.6 is 0 Å². The van der Waals surface area contributed by atoms with Crippen molar-refractivity contribution in [2.75, 3.05) is 13.2 Å². The highest BCUT2D eigenvalue weighted by Crippen LogP contribution is 2.59. The average molecular weight is 214 g/mol. The quantitative estimate of drug-likeness (QED) is 0.728. The average Bonchev–Trinajstić information content (AvgIpc) is 2.70. The Morgan fingerprint density at radius 2 is 2.07 bits per heavy atom. The molecule has 0 bridgehead atoms. The number of esters is 1. The SMILES string of the molecule is CC1CC1(CC(C)(C)C)C(=O)OCCO. The van der Waals surface area contributed by atoms with Crippen LogP contribution < -0.4 is 0 Å². The van der Waals surface area contributed by atoms with Crippen molar-refractivity contribution < 1.29 is 14.6 Å². The van der Waals surface area contributed by atoms with Crippen molar-refractivity contribution in [3.05, 3.63) is 0 Å². The molecule has 1 N–H and O–H groups in total. The minimum Gasteiger partial charge on any atom is -0.463 e. The summed E-state index contributed by atoms with van der Waals surface area (Å²) in [7, 11) is 0. The molecule has 0 aromatic heterocycles. The number of aliphatic hydroxyl groups is 1. The number of carbonyl (C=O) groups excluding carboxylic acids is 1. The fraction of sp³-hybridized carbons (Fsp3) is 0.917. The Morgan fingerprint density at radius 3 is 2.40 bits per heavy atom. The second kappa shape index (κ2) is 4.12. The Balaban J connectivity index is 2.58. The summed E-state index contributed by atoms with van der Waals surface area (Å²) < 4.78 is 5.05. The Kier molecular flexibility index (Phi) is 3.44. The summed E-state index contributed by atoms with van der Waals surface area (Å²) in [5.74, 6) is 0.293. The molecule has 0 aliphatic heterocycles. The molecular weight excluding hydrogens is 192 g/mol. The van der Waals surface area contributed by atoms with Crippen molar-refractivity contribution in [2.24, 2.45) is 16.7 Å². The van der Waals surface area contributed by atoms with Crippen molar-refractivity contribution in [3.63, 3.8) is 0 Å². The summed E-state index contributed by atoms with van der Waals surface area (Å²) >= 11 is 0. The van der Waals surface area contributed by atoms with Crippen LogP contribution in [-0.2, 0) is 9.53 Å². The molecule has 88 valence electrons. The highest BCUT2D eigenvalue weighted by molar-refractivity contribution is 5.80. The zero-order valence-electron chi connectivity index (χ0n) is 10.2. The van der Waals surface area contributed by atoms with Crippen molar-refractivity contribution in [1.82, 2.24) is 0 Å². The van der Waals surface area contributed by atoms with E-state index in [0.717, 1.165) is 12.8 Å². The predicted octanol–water partition coefficient (Wildman–Crippen LogP) is 1.98. The van der Waals surface area contributed by atoms with E-state index in [9.17, 15) is 4.79 Å². The van der Waals surface area contributed by atoms with Gasteiger partial charge in [-0.05, 0) is 24.2 Å². The molecule has 0 spiro atoms. The molecule has 2 atom stereocenters. The van der Waals surface area contributed by atoms with Gasteiger partial charge in [-0.2, -0.15) is 0 Å². The number of aliphatic hydroxyl groups excluding tert-OH is 1. The van der Waals surface area contributed by atoms with Crippen LogP contribution in [0.1, 0.15) is 40.5 Å². The molecule has 0 amide bonds. The van der Waals surface area contributed by atoms with Crippen molar-refractivity contribution in [2.45, 2.75) is 40.5 Å². The van der Waals surface area contributed by atoms with Crippen LogP contribution in [0.15, 0.2) is 0 Å². The van der Waals surface area contributed by atoms with E-state index in [2.05, 4.69) is 27.7 Å². The Labute approximate surface area is 91.8 Å².